The lowest BCUT2D eigenvalue weighted by Crippen LogP contribution is -2.37. The van der Waals surface area contributed by atoms with Crippen molar-refractivity contribution in [3.63, 3.8) is 0 Å². The number of ether oxygens (including phenoxy) is 3. The molecule has 122 valence electrons. The summed E-state index contributed by atoms with van der Waals surface area (Å²) in [7, 11) is 1.72. The summed E-state index contributed by atoms with van der Waals surface area (Å²) in [6, 6.07) is 0. The van der Waals surface area contributed by atoms with Gasteiger partial charge in [-0.25, -0.2) is 0 Å². The summed E-state index contributed by atoms with van der Waals surface area (Å²) in [5, 5.41) is 13.1. The topological polar surface area (TPSA) is 60.0 Å². The van der Waals surface area contributed by atoms with Gasteiger partial charge in [0, 0.05) is 26.8 Å². The van der Waals surface area contributed by atoms with E-state index in [1.165, 1.54) is 0 Å². The molecule has 0 aliphatic rings. The number of rotatable bonds is 13. The van der Waals surface area contributed by atoms with Gasteiger partial charge in [0.2, 0.25) is 0 Å². The van der Waals surface area contributed by atoms with Gasteiger partial charge in [0.05, 0.1) is 32.0 Å². The predicted octanol–water partition coefficient (Wildman–Crippen LogP) is 1.44. The van der Waals surface area contributed by atoms with Gasteiger partial charge in [0.1, 0.15) is 0 Å². The third-order valence-electron chi connectivity index (χ3n) is 2.96. The molecule has 0 saturated carbocycles. The van der Waals surface area contributed by atoms with Gasteiger partial charge >= 0.3 is 0 Å². The fraction of sp³-hybridized carbons (Fsp3) is 1.00. The second kappa shape index (κ2) is 11.5. The molecule has 0 saturated heterocycles. The molecule has 0 rings (SSSR count). The Hall–Kier alpha value is -0.200. The molecule has 0 aliphatic carbocycles. The van der Waals surface area contributed by atoms with E-state index in [1.807, 2.05) is 13.8 Å². The second-order valence-electron chi connectivity index (χ2n) is 6.19. The van der Waals surface area contributed by atoms with Crippen LogP contribution in [0, 0.1) is 5.41 Å². The summed E-state index contributed by atoms with van der Waals surface area (Å²) >= 11 is 0. The highest BCUT2D eigenvalue weighted by Crippen LogP contribution is 2.18. The van der Waals surface area contributed by atoms with Crippen molar-refractivity contribution in [2.24, 2.45) is 5.41 Å². The Morgan fingerprint density at radius 2 is 1.85 bits per heavy atom. The lowest BCUT2D eigenvalue weighted by atomic mass is 9.90. The molecule has 20 heavy (non-hydrogen) atoms. The molecule has 0 aromatic carbocycles. The third-order valence-corrected chi connectivity index (χ3v) is 2.96. The minimum absolute atomic E-state index is 0.168. The monoisotopic (exact) mass is 291 g/mol. The van der Waals surface area contributed by atoms with Crippen molar-refractivity contribution in [2.75, 3.05) is 46.6 Å². The van der Waals surface area contributed by atoms with E-state index in [1.54, 1.807) is 7.11 Å². The summed E-state index contributed by atoms with van der Waals surface area (Å²) < 4.78 is 15.8. The van der Waals surface area contributed by atoms with Gasteiger partial charge in [0.25, 0.3) is 0 Å². The standard InChI is InChI=1S/C15H33NO4/c1-13(2)20-9-8-19-11-14(17)10-16-12-15(3,4)6-7-18-5/h13-14,16-17H,6-12H2,1-5H3. The first-order valence-electron chi connectivity index (χ1n) is 7.44. The Morgan fingerprint density at radius 1 is 1.15 bits per heavy atom. The lowest BCUT2D eigenvalue weighted by molar-refractivity contribution is -0.0104. The summed E-state index contributed by atoms with van der Waals surface area (Å²) in [5.41, 5.74) is 0.168. The molecule has 5 nitrogen and oxygen atoms in total. The lowest BCUT2D eigenvalue weighted by Gasteiger charge is -2.25. The van der Waals surface area contributed by atoms with Crippen molar-refractivity contribution in [3.05, 3.63) is 0 Å². The normalized spacial score (nSPS) is 13.9. The Kier molecular flexibility index (Phi) is 11.3. The molecular formula is C15H33NO4. The molecule has 5 heteroatoms. The maximum absolute atomic E-state index is 9.78. The van der Waals surface area contributed by atoms with E-state index in [9.17, 15) is 5.11 Å². The number of hydrogen-bond acceptors (Lipinski definition) is 5. The van der Waals surface area contributed by atoms with Crippen LogP contribution in [0.25, 0.3) is 0 Å². The van der Waals surface area contributed by atoms with Crippen molar-refractivity contribution >= 4 is 0 Å². The van der Waals surface area contributed by atoms with Crippen LogP contribution in [0.15, 0.2) is 0 Å². The summed E-state index contributed by atoms with van der Waals surface area (Å²) in [6.45, 7) is 11.9. The Morgan fingerprint density at radius 3 is 2.45 bits per heavy atom. The maximum atomic E-state index is 9.78. The van der Waals surface area contributed by atoms with E-state index in [4.69, 9.17) is 14.2 Å². The average Bonchev–Trinajstić information content (AvgIpc) is 2.35. The molecular weight excluding hydrogens is 258 g/mol. The van der Waals surface area contributed by atoms with E-state index in [0.29, 0.717) is 26.4 Å². The van der Waals surface area contributed by atoms with Crippen LogP contribution < -0.4 is 5.32 Å². The largest absolute Gasteiger partial charge is 0.389 e. The molecule has 0 heterocycles. The van der Waals surface area contributed by atoms with E-state index in [-0.39, 0.29) is 11.5 Å². The van der Waals surface area contributed by atoms with Crippen LogP contribution in [0.5, 0.6) is 0 Å². The van der Waals surface area contributed by atoms with Crippen molar-refractivity contribution < 1.29 is 19.3 Å². The van der Waals surface area contributed by atoms with Gasteiger partial charge in [-0.1, -0.05) is 13.8 Å². The molecule has 0 spiro atoms. The second-order valence-corrected chi connectivity index (χ2v) is 6.19. The Balaban J connectivity index is 3.50. The van der Waals surface area contributed by atoms with Gasteiger partial charge in [0.15, 0.2) is 0 Å². The molecule has 0 radical (unpaired) electrons. The molecule has 0 aliphatic heterocycles. The number of methoxy groups -OCH3 is 1. The minimum Gasteiger partial charge on any atom is -0.389 e. The fourth-order valence-electron chi connectivity index (χ4n) is 1.66. The van der Waals surface area contributed by atoms with E-state index in [0.717, 1.165) is 19.6 Å². The summed E-state index contributed by atoms with van der Waals surface area (Å²) in [5.74, 6) is 0. The summed E-state index contributed by atoms with van der Waals surface area (Å²) in [6.07, 6.45) is 0.738. The van der Waals surface area contributed by atoms with Crippen molar-refractivity contribution in [1.82, 2.24) is 5.32 Å². The summed E-state index contributed by atoms with van der Waals surface area (Å²) in [4.78, 5) is 0. The zero-order valence-electron chi connectivity index (χ0n) is 13.8. The molecule has 0 bridgehead atoms. The fourth-order valence-corrected chi connectivity index (χ4v) is 1.66. The van der Waals surface area contributed by atoms with Crippen LogP contribution in [0.4, 0.5) is 0 Å². The predicted molar refractivity (Wildman–Crippen MR) is 81.1 cm³/mol. The highest BCUT2D eigenvalue weighted by molar-refractivity contribution is 4.72. The van der Waals surface area contributed by atoms with Gasteiger partial charge in [-0.05, 0) is 25.7 Å². The van der Waals surface area contributed by atoms with E-state index in [2.05, 4.69) is 19.2 Å². The third kappa shape index (κ3) is 12.8. The van der Waals surface area contributed by atoms with Crippen LogP contribution in [0.2, 0.25) is 0 Å². The Bertz CT molecular complexity index is 222. The molecule has 0 amide bonds. The van der Waals surface area contributed by atoms with Crippen LogP contribution in [0.1, 0.15) is 34.1 Å². The van der Waals surface area contributed by atoms with Crippen molar-refractivity contribution in [1.29, 1.82) is 0 Å². The van der Waals surface area contributed by atoms with Crippen molar-refractivity contribution in [3.8, 4) is 0 Å². The molecule has 2 N–H and O–H groups in total. The zero-order chi connectivity index (χ0) is 15.4. The first-order chi connectivity index (χ1) is 9.37. The first-order valence-corrected chi connectivity index (χ1v) is 7.44. The minimum atomic E-state index is -0.479. The highest BCUT2D eigenvalue weighted by Gasteiger charge is 2.17. The molecule has 1 atom stereocenters. The number of aliphatic hydroxyl groups excluding tert-OH is 1. The highest BCUT2D eigenvalue weighted by atomic mass is 16.5. The van der Waals surface area contributed by atoms with Crippen LogP contribution in [0.3, 0.4) is 0 Å². The molecule has 0 aromatic heterocycles. The maximum Gasteiger partial charge on any atom is 0.0897 e. The molecule has 0 aromatic rings. The SMILES string of the molecule is COCCC(C)(C)CNCC(O)COCCOC(C)C. The van der Waals surface area contributed by atoms with Crippen LogP contribution in [-0.4, -0.2) is 63.9 Å². The molecule has 0 fully saturated rings. The average molecular weight is 291 g/mol. The van der Waals surface area contributed by atoms with Crippen LogP contribution in [-0.2, 0) is 14.2 Å². The van der Waals surface area contributed by atoms with Gasteiger partial charge in [-0.15, -0.1) is 0 Å². The zero-order valence-corrected chi connectivity index (χ0v) is 13.8. The quantitative estimate of drug-likeness (QED) is 0.503. The van der Waals surface area contributed by atoms with Crippen LogP contribution >= 0.6 is 0 Å². The molecule has 1 unspecified atom stereocenters. The van der Waals surface area contributed by atoms with E-state index >= 15 is 0 Å². The van der Waals surface area contributed by atoms with E-state index < -0.39 is 6.10 Å². The number of hydrogen-bond donors (Lipinski definition) is 2. The number of nitrogens with one attached hydrogen (secondary N) is 1. The number of aliphatic hydroxyl groups is 1. The smallest absolute Gasteiger partial charge is 0.0897 e. The van der Waals surface area contributed by atoms with Gasteiger partial charge in [-0.3, -0.25) is 0 Å². The van der Waals surface area contributed by atoms with Gasteiger partial charge < -0.3 is 24.6 Å². The van der Waals surface area contributed by atoms with Gasteiger partial charge in [-0.2, -0.15) is 0 Å². The first kappa shape index (κ1) is 19.8. The Labute approximate surface area is 124 Å². The van der Waals surface area contributed by atoms with Crippen molar-refractivity contribution in [2.45, 2.75) is 46.3 Å².